The zero-order valence-corrected chi connectivity index (χ0v) is 18.8. The Bertz CT molecular complexity index is 727. The number of aliphatic hydroxyl groups is 1. The zero-order chi connectivity index (χ0) is 21.8. The van der Waals surface area contributed by atoms with Crippen molar-refractivity contribution in [2.45, 2.75) is 20.0 Å². The number of ether oxygens (including phenoxy) is 3. The Kier molecular flexibility index (Phi) is 11.5. The molecule has 1 rings (SSSR count). The maximum Gasteiger partial charge on any atom is 0.356 e. The molecular weight excluding hydrogens is 414 g/mol. The lowest BCUT2D eigenvalue weighted by molar-refractivity contribution is -0.149. The Morgan fingerprint density at radius 2 is 1.69 bits per heavy atom. The minimum Gasteiger partial charge on any atom is -0.497 e. The van der Waals surface area contributed by atoms with Crippen LogP contribution in [0.25, 0.3) is 0 Å². The molecule has 0 aliphatic rings. The van der Waals surface area contributed by atoms with E-state index in [1.54, 1.807) is 38.1 Å². The van der Waals surface area contributed by atoms with Gasteiger partial charge in [-0.15, -0.1) is 23.5 Å². The fourth-order valence-electron chi connectivity index (χ4n) is 2.33. The molecule has 9 heteroatoms. The number of hydrogen-bond donors (Lipinski definition) is 1. The molecule has 0 fully saturated rings. The van der Waals surface area contributed by atoms with Crippen LogP contribution in [0.15, 0.2) is 41.0 Å². The van der Waals surface area contributed by atoms with Crippen molar-refractivity contribution in [1.29, 1.82) is 0 Å². The Hall–Kier alpha value is -1.97. The van der Waals surface area contributed by atoms with Crippen LogP contribution < -0.4 is 4.74 Å². The molecule has 0 heterocycles. The first kappa shape index (κ1) is 25.1. The lowest BCUT2D eigenvalue weighted by Crippen LogP contribution is -2.24. The monoisotopic (exact) mass is 441 g/mol. The van der Waals surface area contributed by atoms with Gasteiger partial charge in [-0.25, -0.2) is 9.79 Å². The summed E-state index contributed by atoms with van der Waals surface area (Å²) in [6, 6.07) is 6.64. The second kappa shape index (κ2) is 13.3. The summed E-state index contributed by atoms with van der Waals surface area (Å²) in [6.07, 6.45) is 3.71. The van der Waals surface area contributed by atoms with Crippen LogP contribution in [0.4, 0.5) is 0 Å². The van der Waals surface area contributed by atoms with Crippen LogP contribution in [0, 0.1) is 5.92 Å². The van der Waals surface area contributed by atoms with Crippen LogP contribution in [0.1, 0.15) is 25.5 Å². The van der Waals surface area contributed by atoms with E-state index in [1.165, 1.54) is 36.7 Å². The third-order valence-electron chi connectivity index (χ3n) is 3.74. The first-order valence-corrected chi connectivity index (χ1v) is 11.4. The van der Waals surface area contributed by atoms with E-state index in [1.807, 2.05) is 12.5 Å². The summed E-state index contributed by atoms with van der Waals surface area (Å²) in [7, 11) is 1.54. The van der Waals surface area contributed by atoms with Crippen molar-refractivity contribution in [3.8, 4) is 5.75 Å². The molecule has 2 atom stereocenters. The predicted molar refractivity (Wildman–Crippen MR) is 117 cm³/mol. The molecule has 7 nitrogen and oxygen atoms in total. The minimum absolute atomic E-state index is 0.0591. The van der Waals surface area contributed by atoms with Crippen LogP contribution in [0.2, 0.25) is 0 Å². The third-order valence-corrected chi connectivity index (χ3v) is 5.62. The number of esters is 2. The van der Waals surface area contributed by atoms with Gasteiger partial charge in [-0.3, -0.25) is 4.79 Å². The van der Waals surface area contributed by atoms with Gasteiger partial charge in [0, 0.05) is 0 Å². The molecule has 0 saturated carbocycles. The van der Waals surface area contributed by atoms with Crippen LogP contribution >= 0.6 is 23.5 Å². The molecule has 29 heavy (non-hydrogen) atoms. The van der Waals surface area contributed by atoms with Crippen molar-refractivity contribution in [1.82, 2.24) is 0 Å². The van der Waals surface area contributed by atoms with E-state index >= 15 is 0 Å². The summed E-state index contributed by atoms with van der Waals surface area (Å²) < 4.78 is 15.9. The average molecular weight is 442 g/mol. The van der Waals surface area contributed by atoms with Crippen molar-refractivity contribution in [2.24, 2.45) is 10.9 Å². The molecule has 0 spiro atoms. The lowest BCUT2D eigenvalue weighted by atomic mass is 9.94. The van der Waals surface area contributed by atoms with Gasteiger partial charge in [0.2, 0.25) is 0 Å². The Labute approximate surface area is 179 Å². The SMILES string of the molecule is CCOC(=O)/C(=C/[C@@H](C(=O)OCC)[C@H](O)c1ccc(OC)cc1)N=C(SC)SC. The van der Waals surface area contributed by atoms with Gasteiger partial charge in [0.15, 0.2) is 0 Å². The van der Waals surface area contributed by atoms with E-state index in [2.05, 4.69) is 4.99 Å². The summed E-state index contributed by atoms with van der Waals surface area (Å²) in [5.74, 6) is -1.87. The summed E-state index contributed by atoms with van der Waals surface area (Å²) in [5, 5.41) is 10.9. The van der Waals surface area contributed by atoms with E-state index in [9.17, 15) is 14.7 Å². The largest absolute Gasteiger partial charge is 0.497 e. The normalized spacial score (nSPS) is 13.2. The van der Waals surface area contributed by atoms with E-state index in [0.29, 0.717) is 15.7 Å². The molecule has 160 valence electrons. The molecule has 0 bridgehead atoms. The minimum atomic E-state index is -1.24. The highest BCUT2D eigenvalue weighted by atomic mass is 32.2. The average Bonchev–Trinajstić information content (AvgIpc) is 2.74. The highest BCUT2D eigenvalue weighted by Crippen LogP contribution is 2.28. The van der Waals surface area contributed by atoms with Crippen molar-refractivity contribution in [3.63, 3.8) is 0 Å². The number of carbonyl (C=O) groups excluding carboxylic acids is 2. The number of rotatable bonds is 9. The van der Waals surface area contributed by atoms with E-state index in [4.69, 9.17) is 14.2 Å². The maximum absolute atomic E-state index is 12.6. The topological polar surface area (TPSA) is 94.4 Å². The predicted octanol–water partition coefficient (Wildman–Crippen LogP) is 3.44. The molecule has 1 aromatic carbocycles. The summed E-state index contributed by atoms with van der Waals surface area (Å²) in [5.41, 5.74) is 0.415. The molecule has 1 N–H and O–H groups in total. The molecule has 0 aliphatic heterocycles. The number of aliphatic imine (C=N–C) groups is 1. The van der Waals surface area contributed by atoms with Gasteiger partial charge in [-0.05, 0) is 50.1 Å². The van der Waals surface area contributed by atoms with Crippen molar-refractivity contribution < 1.29 is 28.9 Å². The molecule has 0 amide bonds. The van der Waals surface area contributed by atoms with E-state index < -0.39 is 24.0 Å². The third kappa shape index (κ3) is 7.75. The number of carbonyl (C=O) groups is 2. The number of thioether (sulfide) groups is 2. The summed E-state index contributed by atoms with van der Waals surface area (Å²) in [4.78, 5) is 29.3. The summed E-state index contributed by atoms with van der Waals surface area (Å²) >= 11 is 2.72. The van der Waals surface area contributed by atoms with Gasteiger partial charge in [0.05, 0.1) is 26.4 Å². The quantitative estimate of drug-likeness (QED) is 0.270. The molecule has 0 aromatic heterocycles. The second-order valence-electron chi connectivity index (χ2n) is 5.55. The smallest absolute Gasteiger partial charge is 0.356 e. The molecule has 0 aliphatic carbocycles. The fraction of sp³-hybridized carbons (Fsp3) is 0.450. The molecule has 0 saturated heterocycles. The van der Waals surface area contributed by atoms with Crippen LogP contribution in [0.5, 0.6) is 5.75 Å². The number of nitrogens with zero attached hydrogens (tertiary/aromatic N) is 1. The first-order valence-electron chi connectivity index (χ1n) is 8.95. The fourth-order valence-corrected chi connectivity index (χ4v) is 3.38. The van der Waals surface area contributed by atoms with Crippen LogP contribution in [-0.4, -0.2) is 54.3 Å². The van der Waals surface area contributed by atoms with Crippen LogP contribution in [-0.2, 0) is 19.1 Å². The van der Waals surface area contributed by atoms with E-state index in [0.717, 1.165) is 0 Å². The Morgan fingerprint density at radius 3 is 2.17 bits per heavy atom. The molecule has 0 unspecified atom stereocenters. The molecular formula is C20H27NO6S2. The summed E-state index contributed by atoms with van der Waals surface area (Å²) in [6.45, 7) is 3.64. The maximum atomic E-state index is 12.6. The first-order chi connectivity index (χ1) is 13.9. The second-order valence-corrected chi connectivity index (χ2v) is 7.40. The van der Waals surface area contributed by atoms with Crippen molar-refractivity contribution >= 4 is 39.8 Å². The van der Waals surface area contributed by atoms with Gasteiger partial charge in [-0.2, -0.15) is 0 Å². The number of aliphatic hydroxyl groups excluding tert-OH is 1. The highest BCUT2D eigenvalue weighted by molar-refractivity contribution is 8.38. The Morgan fingerprint density at radius 1 is 1.10 bits per heavy atom. The van der Waals surface area contributed by atoms with Gasteiger partial charge >= 0.3 is 11.9 Å². The van der Waals surface area contributed by atoms with E-state index in [-0.39, 0.29) is 18.9 Å². The van der Waals surface area contributed by atoms with Crippen LogP contribution in [0.3, 0.4) is 0 Å². The van der Waals surface area contributed by atoms with Gasteiger partial charge in [0.1, 0.15) is 21.7 Å². The van der Waals surface area contributed by atoms with Gasteiger partial charge < -0.3 is 19.3 Å². The number of benzene rings is 1. The molecule has 0 radical (unpaired) electrons. The van der Waals surface area contributed by atoms with Gasteiger partial charge in [-0.1, -0.05) is 12.1 Å². The lowest BCUT2D eigenvalue weighted by Gasteiger charge is -2.20. The Balaban J connectivity index is 3.41. The van der Waals surface area contributed by atoms with Gasteiger partial charge in [0.25, 0.3) is 0 Å². The number of hydrogen-bond acceptors (Lipinski definition) is 9. The standard InChI is InChI=1S/C20H27NO6S2/c1-6-26-18(23)15(17(22)13-8-10-14(25-3)11-9-13)12-16(19(24)27-7-2)21-20(28-4)29-5/h8-12,15,17,22H,6-7H2,1-5H3/b16-12-/t15-,17-/m1/s1. The molecule has 1 aromatic rings. The highest BCUT2D eigenvalue weighted by Gasteiger charge is 2.30. The van der Waals surface area contributed by atoms with Crippen molar-refractivity contribution in [3.05, 3.63) is 41.6 Å². The van der Waals surface area contributed by atoms with Crippen molar-refractivity contribution in [2.75, 3.05) is 32.8 Å². The zero-order valence-electron chi connectivity index (χ0n) is 17.2. The number of methoxy groups -OCH3 is 1.